The molecule has 0 radical (unpaired) electrons. The minimum atomic E-state index is -0.597. The number of rotatable bonds is 3. The first-order valence-corrected chi connectivity index (χ1v) is 7.28. The molecule has 0 aromatic carbocycles. The number of carboxylic acids is 1. The fourth-order valence-corrected chi connectivity index (χ4v) is 4.26. The second-order valence-corrected chi connectivity index (χ2v) is 5.97. The Morgan fingerprint density at radius 1 is 1.36 bits per heavy atom. The summed E-state index contributed by atoms with van der Waals surface area (Å²) in [6.45, 7) is 0. The first-order valence-electron chi connectivity index (χ1n) is 5.57. The van der Waals surface area contributed by atoms with Crippen LogP contribution < -0.4 is 0 Å². The molecule has 1 N–H and O–H groups in total. The van der Waals surface area contributed by atoms with E-state index in [-0.39, 0.29) is 5.41 Å². The van der Waals surface area contributed by atoms with Gasteiger partial charge < -0.3 is 0 Å². The summed E-state index contributed by atoms with van der Waals surface area (Å²) < 4.78 is 0. The van der Waals surface area contributed by atoms with Gasteiger partial charge in [-0.25, -0.2) is 0 Å². The van der Waals surface area contributed by atoms with Crippen LogP contribution >= 0.6 is 0 Å². The first kappa shape index (κ1) is 10.5. The van der Waals surface area contributed by atoms with E-state index in [9.17, 15) is 4.79 Å². The Morgan fingerprint density at radius 3 is 2.50 bits per heavy atom. The first-order chi connectivity index (χ1) is 6.65. The maximum absolute atomic E-state index is 10.8. The second-order valence-electron chi connectivity index (χ2n) is 5.11. The molecule has 80 valence electrons. The van der Waals surface area contributed by atoms with Gasteiger partial charge in [-0.05, 0) is 0 Å². The minimum absolute atomic E-state index is 0.174. The molecule has 4 atom stereocenters. The van der Waals surface area contributed by atoms with Crippen molar-refractivity contribution >= 4 is 22.8 Å². The van der Waals surface area contributed by atoms with Crippen LogP contribution in [-0.2, 0) is 4.79 Å². The van der Waals surface area contributed by atoms with Gasteiger partial charge in [-0.2, -0.15) is 0 Å². The monoisotopic (exact) mass is 258 g/mol. The molecule has 0 saturated heterocycles. The Bertz CT molecular complexity index is 241. The van der Waals surface area contributed by atoms with E-state index in [2.05, 4.69) is 0 Å². The Hall–Kier alpha value is 0.0284. The number of aliphatic carboxylic acids is 1. The molecule has 14 heavy (non-hydrogen) atoms. The molecule has 0 aromatic rings. The third-order valence-corrected chi connectivity index (χ3v) is 6.09. The molecule has 2 fully saturated rings. The molecule has 2 aliphatic rings. The summed E-state index contributed by atoms with van der Waals surface area (Å²) in [6.07, 6.45) is 6.83. The molecular formula is C11H19AsO2. The zero-order valence-corrected chi connectivity index (χ0v) is 11.0. The average Bonchev–Trinajstić information content (AvgIpc) is 2.09. The van der Waals surface area contributed by atoms with Gasteiger partial charge >= 0.3 is 93.7 Å². The van der Waals surface area contributed by atoms with Gasteiger partial charge in [0, 0.05) is 0 Å². The van der Waals surface area contributed by atoms with E-state index in [0.717, 1.165) is 17.0 Å². The second kappa shape index (κ2) is 3.88. The average molecular weight is 258 g/mol. The van der Waals surface area contributed by atoms with Crippen LogP contribution in [0.4, 0.5) is 0 Å². The molecule has 0 spiro atoms. The molecule has 3 heteroatoms. The van der Waals surface area contributed by atoms with Crippen LogP contribution in [0, 0.1) is 17.3 Å². The van der Waals surface area contributed by atoms with Crippen LogP contribution in [0.5, 0.6) is 0 Å². The molecule has 0 amide bonds. The Labute approximate surface area is 94.0 Å². The summed E-state index contributed by atoms with van der Waals surface area (Å²) >= 11 is 1.70. The standard InChI is InChI=1S/C11H19AsO2/c12-7-11(6-10(13)14)4-3-8-1-2-9(8)5-11/h8-9H,1-7,12H2,(H,13,14)/t8-,9+,11-/m1/s1. The van der Waals surface area contributed by atoms with E-state index in [0.29, 0.717) is 6.42 Å². The van der Waals surface area contributed by atoms with Crippen LogP contribution in [0.15, 0.2) is 0 Å². The van der Waals surface area contributed by atoms with Crippen molar-refractivity contribution in [1.82, 2.24) is 0 Å². The topological polar surface area (TPSA) is 37.3 Å². The number of carboxylic acid groups (broad SMARTS) is 1. The Kier molecular flexibility index (Phi) is 2.93. The zero-order valence-electron chi connectivity index (χ0n) is 8.54. The third kappa shape index (κ3) is 1.86. The third-order valence-electron chi connectivity index (χ3n) is 4.27. The molecular weight excluding hydrogens is 239 g/mol. The summed E-state index contributed by atoms with van der Waals surface area (Å²) in [5.74, 6) is 1.23. The van der Waals surface area contributed by atoms with E-state index in [1.807, 2.05) is 0 Å². The van der Waals surface area contributed by atoms with Crippen molar-refractivity contribution in [3.63, 3.8) is 0 Å². The van der Waals surface area contributed by atoms with Gasteiger partial charge in [0.15, 0.2) is 0 Å². The Morgan fingerprint density at radius 2 is 2.07 bits per heavy atom. The van der Waals surface area contributed by atoms with Gasteiger partial charge in [-0.15, -0.1) is 0 Å². The molecule has 1 unspecified atom stereocenters. The fraction of sp³-hybridized carbons (Fsp3) is 0.909. The number of carbonyl (C=O) groups is 1. The molecule has 2 nitrogen and oxygen atoms in total. The van der Waals surface area contributed by atoms with Crippen molar-refractivity contribution in [3.05, 3.63) is 0 Å². The molecule has 2 rings (SSSR count). The van der Waals surface area contributed by atoms with Crippen LogP contribution in [0.3, 0.4) is 0 Å². The number of hydrogen-bond acceptors (Lipinski definition) is 1. The molecule has 0 aromatic heterocycles. The van der Waals surface area contributed by atoms with Crippen molar-refractivity contribution < 1.29 is 9.90 Å². The van der Waals surface area contributed by atoms with Gasteiger partial charge in [-0.3, -0.25) is 0 Å². The molecule has 0 heterocycles. The van der Waals surface area contributed by atoms with Gasteiger partial charge in [0.05, 0.1) is 0 Å². The van der Waals surface area contributed by atoms with Crippen molar-refractivity contribution in [1.29, 1.82) is 0 Å². The zero-order chi connectivity index (χ0) is 10.2. The Balaban J connectivity index is 2.01. The van der Waals surface area contributed by atoms with E-state index < -0.39 is 5.97 Å². The van der Waals surface area contributed by atoms with Crippen molar-refractivity contribution in [3.8, 4) is 0 Å². The number of fused-ring (bicyclic) bond motifs is 1. The van der Waals surface area contributed by atoms with E-state index in [4.69, 9.17) is 5.11 Å². The van der Waals surface area contributed by atoms with Crippen LogP contribution in [0.25, 0.3) is 0 Å². The van der Waals surface area contributed by atoms with Crippen LogP contribution in [0.1, 0.15) is 38.5 Å². The fourth-order valence-electron chi connectivity index (χ4n) is 3.18. The molecule has 0 bridgehead atoms. The molecule has 0 aliphatic heterocycles. The quantitative estimate of drug-likeness (QED) is 0.782. The predicted molar refractivity (Wildman–Crippen MR) is 58.1 cm³/mol. The normalized spacial score (nSPS) is 41.2. The number of hydrogen-bond donors (Lipinski definition) is 1. The van der Waals surface area contributed by atoms with E-state index in [1.54, 1.807) is 16.9 Å². The molecule has 2 aliphatic carbocycles. The summed E-state index contributed by atoms with van der Waals surface area (Å²) in [6, 6.07) is 0. The van der Waals surface area contributed by atoms with Gasteiger partial charge in [0.1, 0.15) is 0 Å². The van der Waals surface area contributed by atoms with Crippen LogP contribution in [-0.4, -0.2) is 27.9 Å². The van der Waals surface area contributed by atoms with Crippen molar-refractivity contribution in [2.45, 2.75) is 43.7 Å². The van der Waals surface area contributed by atoms with Crippen molar-refractivity contribution in [2.24, 2.45) is 17.3 Å². The summed E-state index contributed by atoms with van der Waals surface area (Å²) in [5, 5.41) is 10.0. The maximum atomic E-state index is 10.8. The summed E-state index contributed by atoms with van der Waals surface area (Å²) in [7, 11) is 0. The van der Waals surface area contributed by atoms with Crippen LogP contribution in [0.2, 0.25) is 5.21 Å². The molecule has 2 saturated carbocycles. The van der Waals surface area contributed by atoms with Gasteiger partial charge in [0.25, 0.3) is 0 Å². The summed E-state index contributed by atoms with van der Waals surface area (Å²) in [5.41, 5.74) is 0.174. The van der Waals surface area contributed by atoms with E-state index in [1.165, 1.54) is 32.1 Å². The van der Waals surface area contributed by atoms with Gasteiger partial charge in [-0.1, -0.05) is 0 Å². The SMILES string of the molecule is O=C(O)C[C@@]1(C[AsH2])CC[C@H]2CC[C@H]2C1. The summed E-state index contributed by atoms with van der Waals surface area (Å²) in [4.78, 5) is 10.8. The van der Waals surface area contributed by atoms with E-state index >= 15 is 0 Å². The predicted octanol–water partition coefficient (Wildman–Crippen LogP) is 1.71. The van der Waals surface area contributed by atoms with Crippen molar-refractivity contribution in [2.75, 3.05) is 0 Å². The van der Waals surface area contributed by atoms with Gasteiger partial charge in [0.2, 0.25) is 0 Å².